The van der Waals surface area contributed by atoms with Crippen LogP contribution in [-0.2, 0) is 6.54 Å². The molecule has 1 atom stereocenters. The van der Waals surface area contributed by atoms with Crippen LogP contribution in [0.25, 0.3) is 5.52 Å². The largest absolute Gasteiger partial charge is 0.363 e. The summed E-state index contributed by atoms with van der Waals surface area (Å²) in [6.45, 7) is 1.68. The van der Waals surface area contributed by atoms with Gasteiger partial charge in [0.25, 0.3) is 11.7 Å². The van der Waals surface area contributed by atoms with Gasteiger partial charge in [0.15, 0.2) is 0 Å². The minimum absolute atomic E-state index is 0.00858. The molecule has 4 rings (SSSR count). The monoisotopic (exact) mass is 312 g/mol. The Morgan fingerprint density at radius 3 is 3.17 bits per heavy atom. The molecule has 4 heterocycles. The number of carbonyl (C=O) groups excluding carboxylic acids is 1. The molecule has 1 fully saturated rings. The van der Waals surface area contributed by atoms with Crippen LogP contribution in [0, 0.1) is 0 Å². The molecule has 1 saturated heterocycles. The summed E-state index contributed by atoms with van der Waals surface area (Å²) in [5, 5.41) is 8.00. The van der Waals surface area contributed by atoms with Gasteiger partial charge in [0.1, 0.15) is 0 Å². The quantitative estimate of drug-likeness (QED) is 0.775. The van der Waals surface area contributed by atoms with Crippen molar-refractivity contribution in [2.75, 3.05) is 6.54 Å². The lowest BCUT2D eigenvalue weighted by atomic mass is 10.2. The summed E-state index contributed by atoms with van der Waals surface area (Å²) in [6, 6.07) is 6.01. The van der Waals surface area contributed by atoms with Crippen LogP contribution in [0.1, 0.15) is 41.0 Å². The van der Waals surface area contributed by atoms with E-state index in [2.05, 4.69) is 20.1 Å². The van der Waals surface area contributed by atoms with Gasteiger partial charge in [0, 0.05) is 18.3 Å². The zero-order valence-corrected chi connectivity index (χ0v) is 12.4. The molecule has 8 nitrogen and oxygen atoms in total. The third kappa shape index (κ3) is 2.46. The molecule has 3 aromatic rings. The fourth-order valence-corrected chi connectivity index (χ4v) is 3.09. The van der Waals surface area contributed by atoms with Crippen molar-refractivity contribution in [3.63, 3.8) is 0 Å². The van der Waals surface area contributed by atoms with Gasteiger partial charge in [-0.15, -0.1) is 0 Å². The molecular formula is C15H16N6O2. The van der Waals surface area contributed by atoms with Crippen LogP contribution in [0.4, 0.5) is 0 Å². The van der Waals surface area contributed by atoms with Crippen LogP contribution in [0.2, 0.25) is 0 Å². The van der Waals surface area contributed by atoms with E-state index in [4.69, 9.17) is 10.3 Å². The molecule has 1 amide bonds. The van der Waals surface area contributed by atoms with Gasteiger partial charge in [0.2, 0.25) is 5.89 Å². The Morgan fingerprint density at radius 1 is 1.43 bits per heavy atom. The first-order chi connectivity index (χ1) is 11.2. The highest BCUT2D eigenvalue weighted by molar-refractivity contribution is 5.88. The summed E-state index contributed by atoms with van der Waals surface area (Å²) in [7, 11) is 0. The summed E-state index contributed by atoms with van der Waals surface area (Å²) in [6.07, 6.45) is 5.77. The Hall–Kier alpha value is -2.74. The second kappa shape index (κ2) is 5.47. The predicted octanol–water partition coefficient (Wildman–Crippen LogP) is 1.15. The number of primary amides is 1. The van der Waals surface area contributed by atoms with Crippen molar-refractivity contribution in [3.8, 4) is 0 Å². The van der Waals surface area contributed by atoms with Crippen LogP contribution in [0.3, 0.4) is 0 Å². The molecule has 0 spiro atoms. The lowest BCUT2D eigenvalue weighted by Crippen LogP contribution is -2.23. The maximum Gasteiger partial charge on any atom is 0.290 e. The highest BCUT2D eigenvalue weighted by Crippen LogP contribution is 2.32. The van der Waals surface area contributed by atoms with E-state index in [9.17, 15) is 4.79 Å². The fourth-order valence-electron chi connectivity index (χ4n) is 3.09. The Balaban J connectivity index is 1.59. The van der Waals surface area contributed by atoms with Crippen LogP contribution in [0.5, 0.6) is 0 Å². The number of nitrogens with two attached hydrogens (primary N) is 1. The van der Waals surface area contributed by atoms with Crippen molar-refractivity contribution >= 4 is 11.4 Å². The maximum atomic E-state index is 11.1. The normalized spacial score (nSPS) is 18.7. The van der Waals surface area contributed by atoms with Crippen molar-refractivity contribution in [1.82, 2.24) is 24.7 Å². The van der Waals surface area contributed by atoms with Gasteiger partial charge in [-0.3, -0.25) is 9.69 Å². The maximum absolute atomic E-state index is 11.1. The molecule has 1 aliphatic heterocycles. The van der Waals surface area contributed by atoms with Crippen molar-refractivity contribution in [2.24, 2.45) is 5.73 Å². The van der Waals surface area contributed by atoms with Gasteiger partial charge in [-0.05, 0) is 31.5 Å². The fraction of sp³-hybridized carbons (Fsp3) is 0.333. The molecule has 0 bridgehead atoms. The molecule has 1 aliphatic rings. The highest BCUT2D eigenvalue weighted by Gasteiger charge is 2.31. The Bertz CT molecular complexity index is 854. The third-order valence-corrected chi connectivity index (χ3v) is 4.19. The van der Waals surface area contributed by atoms with E-state index in [1.807, 2.05) is 35.1 Å². The van der Waals surface area contributed by atoms with Crippen LogP contribution in [-0.4, -0.2) is 37.1 Å². The summed E-state index contributed by atoms with van der Waals surface area (Å²) >= 11 is 0. The first-order valence-electron chi connectivity index (χ1n) is 7.51. The summed E-state index contributed by atoms with van der Waals surface area (Å²) in [5.74, 6) is -0.289. The minimum atomic E-state index is -0.674. The van der Waals surface area contributed by atoms with Gasteiger partial charge < -0.3 is 10.3 Å². The van der Waals surface area contributed by atoms with Gasteiger partial charge in [-0.25, -0.2) is 4.52 Å². The SMILES string of the molecule is NC(=O)c1noc([C@H]2CCCN2Cc2cnn3ccccc23)n1. The van der Waals surface area contributed by atoms with E-state index < -0.39 is 5.91 Å². The van der Waals surface area contributed by atoms with Gasteiger partial charge >= 0.3 is 0 Å². The number of likely N-dealkylation sites (tertiary alicyclic amines) is 1. The molecule has 118 valence electrons. The number of nitrogens with zero attached hydrogens (tertiary/aromatic N) is 5. The highest BCUT2D eigenvalue weighted by atomic mass is 16.5. The number of fused-ring (bicyclic) bond motifs is 1. The first-order valence-corrected chi connectivity index (χ1v) is 7.51. The predicted molar refractivity (Wildman–Crippen MR) is 80.4 cm³/mol. The summed E-state index contributed by atoms with van der Waals surface area (Å²) < 4.78 is 7.08. The van der Waals surface area contributed by atoms with E-state index >= 15 is 0 Å². The number of amides is 1. The summed E-state index contributed by atoms with van der Waals surface area (Å²) in [4.78, 5) is 17.5. The molecule has 0 radical (unpaired) electrons. The van der Waals surface area contributed by atoms with E-state index in [1.54, 1.807) is 0 Å². The van der Waals surface area contributed by atoms with Crippen LogP contribution >= 0.6 is 0 Å². The number of rotatable bonds is 4. The zero-order valence-electron chi connectivity index (χ0n) is 12.4. The smallest absolute Gasteiger partial charge is 0.290 e. The van der Waals surface area contributed by atoms with E-state index in [-0.39, 0.29) is 11.9 Å². The van der Waals surface area contributed by atoms with E-state index in [0.29, 0.717) is 5.89 Å². The Labute approximate surface area is 131 Å². The number of carbonyl (C=O) groups is 1. The standard InChI is InChI=1S/C15H16N6O2/c16-13(22)14-18-15(23-19-14)12-5-3-6-20(12)9-10-8-17-21-7-2-1-4-11(10)21/h1-2,4,7-8,12H,3,5-6,9H2,(H2,16,22)/t12-/m1/s1. The lowest BCUT2D eigenvalue weighted by molar-refractivity contribution is 0.0987. The molecule has 23 heavy (non-hydrogen) atoms. The molecule has 0 aromatic carbocycles. The third-order valence-electron chi connectivity index (χ3n) is 4.19. The molecule has 0 saturated carbocycles. The molecule has 3 aromatic heterocycles. The Kier molecular flexibility index (Phi) is 3.30. The van der Waals surface area contributed by atoms with Gasteiger partial charge in [-0.1, -0.05) is 11.2 Å². The first kappa shape index (κ1) is 13.9. The number of aromatic nitrogens is 4. The van der Waals surface area contributed by atoms with Crippen molar-refractivity contribution < 1.29 is 9.32 Å². The topological polar surface area (TPSA) is 103 Å². The molecular weight excluding hydrogens is 296 g/mol. The average Bonchev–Trinajstić information content (AvgIpc) is 3.26. The number of hydrogen-bond acceptors (Lipinski definition) is 6. The summed E-state index contributed by atoms with van der Waals surface area (Å²) in [5.41, 5.74) is 7.41. The van der Waals surface area contributed by atoms with Crippen LogP contribution in [0.15, 0.2) is 35.1 Å². The van der Waals surface area contributed by atoms with Crippen molar-refractivity contribution in [3.05, 3.63) is 47.9 Å². The number of hydrogen-bond donors (Lipinski definition) is 1. The van der Waals surface area contributed by atoms with Crippen LogP contribution < -0.4 is 5.73 Å². The molecule has 0 unspecified atom stereocenters. The number of pyridine rings is 1. The van der Waals surface area contributed by atoms with Gasteiger partial charge in [-0.2, -0.15) is 10.1 Å². The second-order valence-corrected chi connectivity index (χ2v) is 5.65. The molecule has 0 aliphatic carbocycles. The second-order valence-electron chi connectivity index (χ2n) is 5.65. The average molecular weight is 312 g/mol. The van der Waals surface area contributed by atoms with Gasteiger partial charge in [0.05, 0.1) is 17.8 Å². The minimum Gasteiger partial charge on any atom is -0.363 e. The Morgan fingerprint density at radius 2 is 2.35 bits per heavy atom. The molecule has 8 heteroatoms. The van der Waals surface area contributed by atoms with Crippen molar-refractivity contribution in [1.29, 1.82) is 0 Å². The van der Waals surface area contributed by atoms with Crippen molar-refractivity contribution in [2.45, 2.75) is 25.4 Å². The molecule has 2 N–H and O–H groups in total. The van der Waals surface area contributed by atoms with E-state index in [1.165, 1.54) is 0 Å². The van der Waals surface area contributed by atoms with E-state index in [0.717, 1.165) is 37.0 Å². The lowest BCUT2D eigenvalue weighted by Gasteiger charge is -2.20. The zero-order chi connectivity index (χ0) is 15.8.